The van der Waals surface area contributed by atoms with Crippen molar-refractivity contribution in [3.63, 3.8) is 0 Å². The van der Waals surface area contributed by atoms with E-state index in [0.29, 0.717) is 11.5 Å². The zero-order valence-electron chi connectivity index (χ0n) is 33.2. The fraction of sp³-hybridized carbons (Fsp3) is 0.137. The standard InChI is InChI=1S/C51H41N5O.Pt/c1-32-27-33(2)48(34(3)28-32)43-24-26-54(53-43)37-15-12-16-38(30-37)57-39-19-20-42-46(31-39)56(47-29-35(23-25-52-47)51(4,5)6)45-22-21-41-40-17-10-11-18-44(40)55(50(41)49(42)45)36-13-8-7-9-14-36;/h7-29H,1-6H3;/q-2;+2. The molecule has 4 aromatic heterocycles. The SMILES string of the molecule is Cc1cc(C)c(-c2ccn(-c3[c-]c(Oc4[c-]c5c(cc4)c4c(ccc6c7ccccc7n(-c7ccccc7)c64)n5-c4cc(C(C)(C)C)ccn4)ccc3)n2)c(C)c1.[Pt+2]. The van der Waals surface area contributed by atoms with Crippen LogP contribution in [0.4, 0.5) is 0 Å². The Bertz CT molecular complexity index is 3160. The maximum Gasteiger partial charge on any atom is 2.00 e. The normalized spacial score (nSPS) is 11.8. The summed E-state index contributed by atoms with van der Waals surface area (Å²) in [5, 5.41) is 9.56. The van der Waals surface area contributed by atoms with Crippen molar-refractivity contribution in [3.8, 4) is 39.9 Å². The average Bonchev–Trinajstić information content (AvgIpc) is 3.90. The molecule has 10 aromatic rings. The average molecular weight is 935 g/mol. The first-order valence-corrected chi connectivity index (χ1v) is 19.4. The van der Waals surface area contributed by atoms with Gasteiger partial charge in [0.2, 0.25) is 0 Å². The van der Waals surface area contributed by atoms with Gasteiger partial charge < -0.3 is 13.9 Å². The number of ether oxygens (including phenoxy) is 1. The number of aromatic nitrogens is 5. The number of rotatable bonds is 6. The molecule has 0 radical (unpaired) electrons. The molecule has 0 amide bonds. The first kappa shape index (κ1) is 37.4. The summed E-state index contributed by atoms with van der Waals surface area (Å²) in [5.74, 6) is 1.99. The molecule has 6 aromatic carbocycles. The number of nitrogens with zero attached hydrogens (tertiary/aromatic N) is 5. The van der Waals surface area contributed by atoms with Gasteiger partial charge in [-0.25, -0.2) is 4.98 Å². The van der Waals surface area contributed by atoms with Crippen LogP contribution in [0.25, 0.3) is 72.1 Å². The second-order valence-corrected chi connectivity index (χ2v) is 16.0. The molecule has 0 saturated carbocycles. The zero-order valence-corrected chi connectivity index (χ0v) is 35.5. The summed E-state index contributed by atoms with van der Waals surface area (Å²) in [7, 11) is 0. The topological polar surface area (TPSA) is 49.8 Å². The molecule has 0 aliphatic rings. The van der Waals surface area contributed by atoms with Gasteiger partial charge >= 0.3 is 21.1 Å². The van der Waals surface area contributed by atoms with E-state index in [0.717, 1.165) is 61.3 Å². The fourth-order valence-electron chi connectivity index (χ4n) is 8.53. The second-order valence-electron chi connectivity index (χ2n) is 16.0. The number of aryl methyl sites for hydroxylation is 3. The molecule has 0 atom stereocenters. The van der Waals surface area contributed by atoms with Crippen LogP contribution in [0, 0.1) is 32.9 Å². The van der Waals surface area contributed by atoms with Crippen LogP contribution in [0.1, 0.15) is 43.0 Å². The van der Waals surface area contributed by atoms with E-state index in [4.69, 9.17) is 14.8 Å². The Labute approximate surface area is 352 Å². The van der Waals surface area contributed by atoms with Gasteiger partial charge in [0.1, 0.15) is 5.82 Å². The summed E-state index contributed by atoms with van der Waals surface area (Å²) < 4.78 is 13.1. The molecule has 6 nitrogen and oxygen atoms in total. The number of hydrogen-bond acceptors (Lipinski definition) is 3. The van der Waals surface area contributed by atoms with Crippen LogP contribution in [0.5, 0.6) is 11.5 Å². The van der Waals surface area contributed by atoms with Gasteiger partial charge in [-0.2, -0.15) is 17.2 Å². The van der Waals surface area contributed by atoms with Crippen molar-refractivity contribution in [3.05, 3.63) is 174 Å². The van der Waals surface area contributed by atoms with Crippen LogP contribution >= 0.6 is 0 Å². The van der Waals surface area contributed by atoms with Gasteiger partial charge in [0, 0.05) is 51.4 Å². The summed E-state index contributed by atoms with van der Waals surface area (Å²) in [6.07, 6.45) is 3.89. The molecular weight excluding hydrogens is 894 g/mol. The van der Waals surface area contributed by atoms with E-state index in [9.17, 15) is 0 Å². The molecule has 0 aliphatic heterocycles. The van der Waals surface area contributed by atoms with Crippen molar-refractivity contribution in [2.24, 2.45) is 0 Å². The number of benzene rings is 6. The molecule has 286 valence electrons. The minimum Gasteiger partial charge on any atom is -0.509 e. The van der Waals surface area contributed by atoms with Gasteiger partial charge in [0.15, 0.2) is 0 Å². The Morgan fingerprint density at radius 1 is 0.638 bits per heavy atom. The number of fused-ring (bicyclic) bond motifs is 7. The summed E-state index contributed by atoms with van der Waals surface area (Å²) in [5.41, 5.74) is 13.0. The third kappa shape index (κ3) is 6.24. The largest absolute Gasteiger partial charge is 2.00 e. The van der Waals surface area contributed by atoms with Gasteiger partial charge in [-0.05, 0) is 96.4 Å². The Morgan fingerprint density at radius 3 is 2.17 bits per heavy atom. The quantitative estimate of drug-likeness (QED) is 0.156. The molecule has 0 aliphatic carbocycles. The second kappa shape index (κ2) is 14.3. The third-order valence-electron chi connectivity index (χ3n) is 11.0. The molecule has 58 heavy (non-hydrogen) atoms. The number of pyridine rings is 1. The van der Waals surface area contributed by atoms with Crippen LogP contribution in [-0.4, -0.2) is 23.9 Å². The molecule has 7 heteroatoms. The fourth-order valence-corrected chi connectivity index (χ4v) is 8.53. The van der Waals surface area contributed by atoms with Crippen LogP contribution in [0.2, 0.25) is 0 Å². The van der Waals surface area contributed by atoms with E-state index in [1.165, 1.54) is 33.0 Å². The molecule has 0 bridgehead atoms. The Morgan fingerprint density at radius 2 is 1.38 bits per heavy atom. The van der Waals surface area contributed by atoms with Crippen molar-refractivity contribution in [2.45, 2.75) is 47.0 Å². The van der Waals surface area contributed by atoms with Gasteiger partial charge in [0.25, 0.3) is 0 Å². The maximum atomic E-state index is 6.59. The van der Waals surface area contributed by atoms with E-state index < -0.39 is 0 Å². The van der Waals surface area contributed by atoms with Crippen molar-refractivity contribution in [1.82, 2.24) is 23.9 Å². The molecule has 0 spiro atoms. The first-order valence-electron chi connectivity index (χ1n) is 19.4. The Kier molecular flexibility index (Phi) is 9.21. The predicted molar refractivity (Wildman–Crippen MR) is 233 cm³/mol. The van der Waals surface area contributed by atoms with Gasteiger partial charge in [-0.1, -0.05) is 91.8 Å². The van der Waals surface area contributed by atoms with Crippen molar-refractivity contribution in [1.29, 1.82) is 0 Å². The molecular formula is C51H41N5OPt. The molecule has 10 rings (SSSR count). The maximum absolute atomic E-state index is 6.59. The minimum absolute atomic E-state index is 0. The van der Waals surface area contributed by atoms with Crippen LogP contribution < -0.4 is 4.74 Å². The van der Waals surface area contributed by atoms with Crippen molar-refractivity contribution >= 4 is 43.6 Å². The van der Waals surface area contributed by atoms with Crippen molar-refractivity contribution < 1.29 is 25.8 Å². The molecule has 0 unspecified atom stereocenters. The van der Waals surface area contributed by atoms with E-state index in [1.54, 1.807) is 0 Å². The van der Waals surface area contributed by atoms with Crippen molar-refractivity contribution in [2.75, 3.05) is 0 Å². The van der Waals surface area contributed by atoms with E-state index in [-0.39, 0.29) is 26.5 Å². The zero-order chi connectivity index (χ0) is 39.0. The molecule has 0 N–H and O–H groups in total. The smallest absolute Gasteiger partial charge is 0.509 e. The van der Waals surface area contributed by atoms with E-state index in [2.05, 4.69) is 166 Å². The monoisotopic (exact) mass is 934 g/mol. The molecule has 4 heterocycles. The number of para-hydroxylation sites is 2. The third-order valence-corrected chi connectivity index (χ3v) is 11.0. The van der Waals surface area contributed by atoms with Crippen LogP contribution in [0.3, 0.4) is 0 Å². The van der Waals surface area contributed by atoms with E-state index >= 15 is 0 Å². The summed E-state index contributed by atoms with van der Waals surface area (Å²) in [6.45, 7) is 13.1. The van der Waals surface area contributed by atoms with Gasteiger partial charge in [-0.3, -0.25) is 4.68 Å². The van der Waals surface area contributed by atoms with E-state index in [1.807, 2.05) is 41.3 Å². The Balaban J connectivity index is 0.00000436. The number of hydrogen-bond donors (Lipinski definition) is 0. The summed E-state index contributed by atoms with van der Waals surface area (Å²) in [6, 6.07) is 51.8. The summed E-state index contributed by atoms with van der Waals surface area (Å²) >= 11 is 0. The first-order chi connectivity index (χ1) is 27.6. The molecule has 0 fully saturated rings. The Hall–Kier alpha value is -6.23. The van der Waals surface area contributed by atoms with Crippen LogP contribution in [0.15, 0.2) is 140 Å². The van der Waals surface area contributed by atoms with Gasteiger partial charge in [-0.15, -0.1) is 30.3 Å². The predicted octanol–water partition coefficient (Wildman–Crippen LogP) is 12.7. The summed E-state index contributed by atoms with van der Waals surface area (Å²) in [4.78, 5) is 4.98. The van der Waals surface area contributed by atoms with Crippen LogP contribution in [-0.2, 0) is 26.5 Å². The van der Waals surface area contributed by atoms with Gasteiger partial charge in [0.05, 0.1) is 16.7 Å². The minimum atomic E-state index is -0.0601. The molecule has 0 saturated heterocycles.